The zero-order valence-corrected chi connectivity index (χ0v) is 12.9. The van der Waals surface area contributed by atoms with Gasteiger partial charge in [0.05, 0.1) is 0 Å². The lowest BCUT2D eigenvalue weighted by Gasteiger charge is -2.26. The molecule has 1 aromatic carbocycles. The van der Waals surface area contributed by atoms with Crippen LogP contribution in [-0.2, 0) is 6.42 Å². The van der Waals surface area contributed by atoms with Crippen LogP contribution in [0.4, 0.5) is 0 Å². The fourth-order valence-electron chi connectivity index (χ4n) is 2.12. The van der Waals surface area contributed by atoms with Crippen molar-refractivity contribution < 1.29 is 0 Å². The number of nitrogens with one attached hydrogen (secondary N) is 1. The topological polar surface area (TPSA) is 12.0 Å². The van der Waals surface area contributed by atoms with Gasteiger partial charge in [0.1, 0.15) is 0 Å². The molecule has 102 valence electrons. The third-order valence-electron chi connectivity index (χ3n) is 3.32. The molecule has 1 nitrogen and oxygen atoms in total. The van der Waals surface area contributed by atoms with Gasteiger partial charge in [-0.05, 0) is 28.9 Å². The number of benzene rings is 1. The van der Waals surface area contributed by atoms with Gasteiger partial charge >= 0.3 is 0 Å². The first kappa shape index (κ1) is 15.2. The van der Waals surface area contributed by atoms with E-state index in [4.69, 9.17) is 0 Å². The van der Waals surface area contributed by atoms with Crippen LogP contribution >= 0.6 is 0 Å². The third-order valence-corrected chi connectivity index (χ3v) is 3.32. The molecule has 18 heavy (non-hydrogen) atoms. The largest absolute Gasteiger partial charge is 0.314 e. The Morgan fingerprint density at radius 2 is 1.56 bits per heavy atom. The van der Waals surface area contributed by atoms with Crippen LogP contribution in [0.2, 0.25) is 0 Å². The average molecular weight is 247 g/mol. The van der Waals surface area contributed by atoms with Crippen molar-refractivity contribution in [1.29, 1.82) is 0 Å². The molecule has 0 aliphatic rings. The van der Waals surface area contributed by atoms with E-state index in [2.05, 4.69) is 71.1 Å². The summed E-state index contributed by atoms with van der Waals surface area (Å²) in [5.74, 6) is 0.620. The minimum absolute atomic E-state index is 0.309. The van der Waals surface area contributed by atoms with Gasteiger partial charge < -0.3 is 5.32 Å². The molecule has 0 aromatic heterocycles. The second kappa shape index (κ2) is 6.38. The van der Waals surface area contributed by atoms with E-state index in [1.54, 1.807) is 0 Å². The minimum atomic E-state index is 0.309. The van der Waals surface area contributed by atoms with Crippen LogP contribution in [0, 0.1) is 5.41 Å². The highest BCUT2D eigenvalue weighted by Crippen LogP contribution is 2.23. The molecule has 0 aliphatic heterocycles. The summed E-state index contributed by atoms with van der Waals surface area (Å²) in [5, 5.41) is 3.54. The highest BCUT2D eigenvalue weighted by atomic mass is 14.9. The van der Waals surface area contributed by atoms with Crippen LogP contribution in [0.3, 0.4) is 0 Å². The summed E-state index contributed by atoms with van der Waals surface area (Å²) in [6.45, 7) is 14.6. The molecule has 0 fully saturated rings. The van der Waals surface area contributed by atoms with Crippen LogP contribution in [0.1, 0.15) is 58.6 Å². The lowest BCUT2D eigenvalue weighted by Crippen LogP contribution is -2.35. The molecule has 1 aromatic rings. The van der Waals surface area contributed by atoms with Crippen molar-refractivity contribution in [2.45, 2.75) is 59.9 Å². The van der Waals surface area contributed by atoms with Gasteiger partial charge in [-0.3, -0.25) is 0 Å². The maximum Gasteiger partial charge on any atom is 0.00106 e. The van der Waals surface area contributed by atoms with E-state index >= 15 is 0 Å². The molecule has 0 bridgehead atoms. The summed E-state index contributed by atoms with van der Waals surface area (Å²) >= 11 is 0. The highest BCUT2D eigenvalue weighted by Gasteiger charge is 2.18. The summed E-state index contributed by atoms with van der Waals surface area (Å²) in [6.07, 6.45) is 1.13. The van der Waals surface area contributed by atoms with Gasteiger partial charge in [-0.25, -0.2) is 0 Å². The summed E-state index contributed by atoms with van der Waals surface area (Å²) in [5.41, 5.74) is 3.18. The number of rotatable bonds is 6. The number of hydrogen-bond acceptors (Lipinski definition) is 1. The van der Waals surface area contributed by atoms with E-state index in [0.717, 1.165) is 13.0 Å². The van der Waals surface area contributed by atoms with E-state index in [-0.39, 0.29) is 0 Å². The third kappa shape index (κ3) is 5.22. The molecule has 0 amide bonds. The van der Waals surface area contributed by atoms with Crippen molar-refractivity contribution in [3.63, 3.8) is 0 Å². The fraction of sp³-hybridized carbons (Fsp3) is 0.647. The van der Waals surface area contributed by atoms with Gasteiger partial charge in [-0.15, -0.1) is 0 Å². The summed E-state index contributed by atoms with van der Waals surface area (Å²) in [6, 6.07) is 9.67. The lowest BCUT2D eigenvalue weighted by atomic mass is 9.85. The second-order valence-corrected chi connectivity index (χ2v) is 6.77. The van der Waals surface area contributed by atoms with Crippen LogP contribution in [-0.4, -0.2) is 12.6 Å². The molecule has 0 aliphatic carbocycles. The Hall–Kier alpha value is -0.820. The van der Waals surface area contributed by atoms with Gasteiger partial charge in [0.25, 0.3) is 0 Å². The summed E-state index contributed by atoms with van der Waals surface area (Å²) in [7, 11) is 0. The highest BCUT2D eigenvalue weighted by molar-refractivity contribution is 5.25. The first-order valence-corrected chi connectivity index (χ1v) is 7.12. The first-order chi connectivity index (χ1) is 8.30. The molecule has 1 rings (SSSR count). The standard InChI is InChI=1S/C17H29N/c1-13(2)16-9-7-15(8-10-16)11-17(5,6)12-18-14(3)4/h7-10,13-14,18H,11-12H2,1-6H3. The van der Waals surface area contributed by atoms with Crippen molar-refractivity contribution in [2.24, 2.45) is 5.41 Å². The Labute approximate surface area is 113 Å². The Morgan fingerprint density at radius 3 is 2.00 bits per heavy atom. The molecule has 1 N–H and O–H groups in total. The molecule has 0 unspecified atom stereocenters. The summed E-state index contributed by atoms with van der Waals surface area (Å²) < 4.78 is 0. The van der Waals surface area contributed by atoms with E-state index in [9.17, 15) is 0 Å². The quantitative estimate of drug-likeness (QED) is 0.787. The fourth-order valence-corrected chi connectivity index (χ4v) is 2.12. The van der Waals surface area contributed by atoms with Gasteiger partial charge in [-0.1, -0.05) is 65.8 Å². The normalized spacial score (nSPS) is 12.4. The second-order valence-electron chi connectivity index (χ2n) is 6.77. The van der Waals surface area contributed by atoms with Crippen molar-refractivity contribution in [3.05, 3.63) is 35.4 Å². The molecule has 0 heterocycles. The zero-order chi connectivity index (χ0) is 13.8. The lowest BCUT2D eigenvalue weighted by molar-refractivity contribution is 0.326. The molecule has 0 spiro atoms. The Balaban J connectivity index is 2.60. The SMILES string of the molecule is CC(C)NCC(C)(C)Cc1ccc(C(C)C)cc1. The minimum Gasteiger partial charge on any atom is -0.314 e. The van der Waals surface area contributed by atoms with Gasteiger partial charge in [0.2, 0.25) is 0 Å². The maximum absolute atomic E-state index is 3.54. The molecular weight excluding hydrogens is 218 g/mol. The Kier molecular flexibility index (Phi) is 5.40. The van der Waals surface area contributed by atoms with E-state index in [1.807, 2.05) is 0 Å². The van der Waals surface area contributed by atoms with Gasteiger partial charge in [0.15, 0.2) is 0 Å². The molecule has 1 heteroatoms. The van der Waals surface area contributed by atoms with Crippen molar-refractivity contribution in [3.8, 4) is 0 Å². The Morgan fingerprint density at radius 1 is 1.00 bits per heavy atom. The van der Waals surface area contributed by atoms with Crippen molar-refractivity contribution >= 4 is 0 Å². The van der Waals surface area contributed by atoms with E-state index < -0.39 is 0 Å². The number of hydrogen-bond donors (Lipinski definition) is 1. The Bertz CT molecular complexity index is 346. The predicted molar refractivity (Wildman–Crippen MR) is 81.2 cm³/mol. The van der Waals surface area contributed by atoms with E-state index in [0.29, 0.717) is 17.4 Å². The van der Waals surface area contributed by atoms with Crippen LogP contribution in [0.25, 0.3) is 0 Å². The molecular formula is C17H29N. The molecule has 0 saturated carbocycles. The van der Waals surface area contributed by atoms with Crippen molar-refractivity contribution in [1.82, 2.24) is 5.32 Å². The zero-order valence-electron chi connectivity index (χ0n) is 12.9. The van der Waals surface area contributed by atoms with Gasteiger partial charge in [-0.2, -0.15) is 0 Å². The van der Waals surface area contributed by atoms with Gasteiger partial charge in [0, 0.05) is 12.6 Å². The molecule has 0 atom stereocenters. The average Bonchev–Trinajstić information content (AvgIpc) is 2.27. The maximum atomic E-state index is 3.54. The van der Waals surface area contributed by atoms with Crippen LogP contribution in [0.15, 0.2) is 24.3 Å². The van der Waals surface area contributed by atoms with Crippen LogP contribution in [0.5, 0.6) is 0 Å². The van der Waals surface area contributed by atoms with Crippen molar-refractivity contribution in [2.75, 3.05) is 6.54 Å². The predicted octanol–water partition coefficient (Wildman–Crippen LogP) is 4.38. The smallest absolute Gasteiger partial charge is 0.00106 e. The van der Waals surface area contributed by atoms with E-state index in [1.165, 1.54) is 11.1 Å². The molecule has 0 radical (unpaired) electrons. The first-order valence-electron chi connectivity index (χ1n) is 7.12. The summed E-state index contributed by atoms with van der Waals surface area (Å²) in [4.78, 5) is 0. The monoisotopic (exact) mass is 247 g/mol. The van der Waals surface area contributed by atoms with Crippen LogP contribution < -0.4 is 5.32 Å². The molecule has 0 saturated heterocycles.